The van der Waals surface area contributed by atoms with Gasteiger partial charge in [-0.05, 0) is 65.2 Å². The molecule has 0 fully saturated rings. The fourth-order valence-corrected chi connectivity index (χ4v) is 4.10. The number of rotatable bonds is 5. The average Bonchev–Trinajstić information content (AvgIpc) is 2.50. The van der Waals surface area contributed by atoms with Gasteiger partial charge in [-0.25, -0.2) is 5.43 Å². The van der Waals surface area contributed by atoms with E-state index >= 15 is 0 Å². The number of carbonyl (C=O) groups excluding carboxylic acids is 1. The van der Waals surface area contributed by atoms with Crippen LogP contribution in [0.15, 0.2) is 42.8 Å². The van der Waals surface area contributed by atoms with E-state index in [1.165, 1.54) is 6.21 Å². The highest BCUT2D eigenvalue weighted by Crippen LogP contribution is 2.30. The van der Waals surface area contributed by atoms with Gasteiger partial charge in [0.05, 0.1) is 10.7 Å². The molecule has 0 aliphatic carbocycles. The Bertz CT molecular complexity index is 815. The number of hydrogen-bond donors (Lipinski definition) is 2. The van der Waals surface area contributed by atoms with Crippen LogP contribution >= 0.6 is 47.8 Å². The molecule has 0 aliphatic rings. The number of amides is 1. The Labute approximate surface area is 170 Å². The summed E-state index contributed by atoms with van der Waals surface area (Å²) in [6.45, 7) is 3.67. The molecule has 0 atom stereocenters. The molecule has 0 radical (unpaired) electrons. The third-order valence-corrected chi connectivity index (χ3v) is 4.74. The Morgan fingerprint density at radius 3 is 2.40 bits per heavy atom. The Morgan fingerprint density at radius 2 is 1.76 bits per heavy atom. The summed E-state index contributed by atoms with van der Waals surface area (Å²) in [5.41, 5.74) is 4.71. The lowest BCUT2D eigenvalue weighted by Crippen LogP contribution is -2.25. The summed E-state index contributed by atoms with van der Waals surface area (Å²) in [5, 5.41) is 13.8. The van der Waals surface area contributed by atoms with E-state index in [0.29, 0.717) is 15.8 Å². The highest BCUT2D eigenvalue weighted by molar-refractivity contribution is 9.11. The molecule has 0 unspecified atom stereocenters. The van der Waals surface area contributed by atoms with Crippen LogP contribution in [0, 0.1) is 13.8 Å². The number of aryl methyl sites for hydroxylation is 2. The highest BCUT2D eigenvalue weighted by Gasteiger charge is 2.09. The van der Waals surface area contributed by atoms with Gasteiger partial charge in [-0.15, -0.1) is 0 Å². The number of carbonyl (C=O) groups is 1. The molecule has 0 aromatic heterocycles. The standard InChI is InChI=1S/C17H15Br3N2O3/c1-9-3-12(18)4-10(2)17(9)25-8-15(23)22-21-7-11-5-13(19)6-14(20)16(11)24/h3-7,24H,8H2,1-2H3,(H,22,23). The summed E-state index contributed by atoms with van der Waals surface area (Å²) < 4.78 is 7.84. The quantitative estimate of drug-likeness (QED) is 0.426. The van der Waals surface area contributed by atoms with Gasteiger partial charge in [0, 0.05) is 14.5 Å². The maximum atomic E-state index is 11.9. The van der Waals surface area contributed by atoms with Crippen molar-refractivity contribution in [3.05, 3.63) is 54.4 Å². The second-order valence-electron chi connectivity index (χ2n) is 5.28. The highest BCUT2D eigenvalue weighted by atomic mass is 79.9. The second kappa shape index (κ2) is 8.82. The number of nitrogens with zero attached hydrogens (tertiary/aromatic N) is 1. The molecule has 2 rings (SSSR count). The molecule has 2 N–H and O–H groups in total. The number of hydrazone groups is 1. The monoisotopic (exact) mass is 532 g/mol. The van der Waals surface area contributed by atoms with Crippen LogP contribution in [-0.4, -0.2) is 23.8 Å². The topological polar surface area (TPSA) is 70.9 Å². The number of aromatic hydroxyl groups is 1. The maximum Gasteiger partial charge on any atom is 0.277 e. The third kappa shape index (κ3) is 5.55. The van der Waals surface area contributed by atoms with E-state index in [2.05, 4.69) is 58.3 Å². The first kappa shape index (κ1) is 19.9. The molecule has 25 heavy (non-hydrogen) atoms. The van der Waals surface area contributed by atoms with Gasteiger partial charge in [0.2, 0.25) is 0 Å². The Balaban J connectivity index is 1.96. The summed E-state index contributed by atoms with van der Waals surface area (Å²) in [5.74, 6) is 0.320. The van der Waals surface area contributed by atoms with E-state index in [9.17, 15) is 9.90 Å². The predicted molar refractivity (Wildman–Crippen MR) is 108 cm³/mol. The van der Waals surface area contributed by atoms with Gasteiger partial charge < -0.3 is 9.84 Å². The number of halogens is 3. The van der Waals surface area contributed by atoms with Crippen LogP contribution < -0.4 is 10.2 Å². The number of phenols is 1. The lowest BCUT2D eigenvalue weighted by Gasteiger charge is -2.11. The van der Waals surface area contributed by atoms with Crippen molar-refractivity contribution in [1.29, 1.82) is 0 Å². The Kier molecular flexibility index (Phi) is 7.04. The van der Waals surface area contributed by atoms with Crippen molar-refractivity contribution in [3.8, 4) is 11.5 Å². The molecule has 1 amide bonds. The Hall–Kier alpha value is -1.38. The molecule has 5 nitrogen and oxygen atoms in total. The molecule has 2 aromatic rings. The molecular formula is C17H15Br3N2O3. The average molecular weight is 535 g/mol. The second-order valence-corrected chi connectivity index (χ2v) is 7.96. The van der Waals surface area contributed by atoms with Crippen LogP contribution in [0.3, 0.4) is 0 Å². The zero-order valence-corrected chi connectivity index (χ0v) is 18.2. The summed E-state index contributed by atoms with van der Waals surface area (Å²) in [7, 11) is 0. The van der Waals surface area contributed by atoms with Gasteiger partial charge in [0.15, 0.2) is 6.61 Å². The van der Waals surface area contributed by atoms with Crippen LogP contribution in [0.5, 0.6) is 11.5 Å². The van der Waals surface area contributed by atoms with Gasteiger partial charge in [0.1, 0.15) is 11.5 Å². The number of phenolic OH excluding ortho intramolecular Hbond substituents is 1. The van der Waals surface area contributed by atoms with Crippen molar-refractivity contribution < 1.29 is 14.6 Å². The smallest absolute Gasteiger partial charge is 0.277 e. The fraction of sp³-hybridized carbons (Fsp3) is 0.176. The molecule has 0 aliphatic heterocycles. The molecule has 0 heterocycles. The van der Waals surface area contributed by atoms with Crippen LogP contribution in [0.25, 0.3) is 0 Å². The first-order chi connectivity index (χ1) is 11.8. The van der Waals surface area contributed by atoms with Gasteiger partial charge in [0.25, 0.3) is 5.91 Å². The van der Waals surface area contributed by atoms with Crippen molar-refractivity contribution in [2.75, 3.05) is 6.61 Å². The van der Waals surface area contributed by atoms with E-state index in [4.69, 9.17) is 4.74 Å². The SMILES string of the molecule is Cc1cc(Br)cc(C)c1OCC(=O)NN=Cc1cc(Br)cc(Br)c1O. The largest absolute Gasteiger partial charge is 0.506 e. The molecule has 132 valence electrons. The molecule has 0 saturated heterocycles. The molecule has 0 saturated carbocycles. The summed E-state index contributed by atoms with van der Waals surface area (Å²) in [6.07, 6.45) is 1.36. The lowest BCUT2D eigenvalue weighted by molar-refractivity contribution is -0.123. The zero-order valence-electron chi connectivity index (χ0n) is 13.4. The normalized spacial score (nSPS) is 10.9. The van der Waals surface area contributed by atoms with E-state index in [0.717, 1.165) is 20.1 Å². The van der Waals surface area contributed by atoms with Crippen LogP contribution in [0.1, 0.15) is 16.7 Å². The summed E-state index contributed by atoms with van der Waals surface area (Å²) in [4.78, 5) is 11.9. The van der Waals surface area contributed by atoms with E-state index in [1.54, 1.807) is 12.1 Å². The predicted octanol–water partition coefficient (Wildman–Crippen LogP) is 4.83. The van der Waals surface area contributed by atoms with Gasteiger partial charge in [-0.1, -0.05) is 31.9 Å². The lowest BCUT2D eigenvalue weighted by atomic mass is 10.1. The minimum absolute atomic E-state index is 0.0403. The van der Waals surface area contributed by atoms with Crippen LogP contribution in [0.4, 0.5) is 0 Å². The maximum absolute atomic E-state index is 11.9. The Morgan fingerprint density at radius 1 is 1.16 bits per heavy atom. The van der Waals surface area contributed by atoms with Gasteiger partial charge in [-0.2, -0.15) is 5.10 Å². The first-order valence-electron chi connectivity index (χ1n) is 7.17. The van der Waals surface area contributed by atoms with Gasteiger partial charge in [-0.3, -0.25) is 4.79 Å². The van der Waals surface area contributed by atoms with Crippen LogP contribution in [0.2, 0.25) is 0 Å². The van der Waals surface area contributed by atoms with Crippen molar-refractivity contribution in [2.24, 2.45) is 5.10 Å². The minimum Gasteiger partial charge on any atom is -0.506 e. The van der Waals surface area contributed by atoms with Crippen molar-refractivity contribution in [2.45, 2.75) is 13.8 Å². The third-order valence-electron chi connectivity index (χ3n) is 3.22. The zero-order chi connectivity index (χ0) is 18.6. The van der Waals surface area contributed by atoms with Gasteiger partial charge >= 0.3 is 0 Å². The first-order valence-corrected chi connectivity index (χ1v) is 9.55. The molecule has 8 heteroatoms. The summed E-state index contributed by atoms with van der Waals surface area (Å²) in [6, 6.07) is 7.24. The number of ether oxygens (including phenoxy) is 1. The van der Waals surface area contributed by atoms with Crippen molar-refractivity contribution in [3.63, 3.8) is 0 Å². The van der Waals surface area contributed by atoms with Crippen molar-refractivity contribution >= 4 is 59.9 Å². The molecule has 0 bridgehead atoms. The van der Waals surface area contributed by atoms with Crippen LogP contribution in [-0.2, 0) is 4.79 Å². The molecule has 0 spiro atoms. The molecule has 2 aromatic carbocycles. The number of nitrogens with one attached hydrogen (secondary N) is 1. The van der Waals surface area contributed by atoms with E-state index < -0.39 is 5.91 Å². The van der Waals surface area contributed by atoms with E-state index in [1.807, 2.05) is 26.0 Å². The number of benzene rings is 2. The number of hydrogen-bond acceptors (Lipinski definition) is 4. The summed E-state index contributed by atoms with van der Waals surface area (Å²) >= 11 is 9.98. The molecular weight excluding hydrogens is 520 g/mol. The van der Waals surface area contributed by atoms with Crippen molar-refractivity contribution in [1.82, 2.24) is 5.43 Å². The van der Waals surface area contributed by atoms with E-state index in [-0.39, 0.29) is 12.4 Å². The fourth-order valence-electron chi connectivity index (χ4n) is 2.15. The minimum atomic E-state index is -0.397.